The molecule has 2 aliphatic rings. The van der Waals surface area contributed by atoms with Gasteiger partial charge in [0.05, 0.1) is 28.5 Å². The van der Waals surface area contributed by atoms with Crippen molar-refractivity contribution in [3.8, 4) is 0 Å². The molecule has 290 valence electrons. The summed E-state index contributed by atoms with van der Waals surface area (Å²) in [5.74, 6) is -1.74. The van der Waals surface area contributed by atoms with E-state index in [0.29, 0.717) is 41.9 Å². The highest BCUT2D eigenvalue weighted by atomic mass is 127. The van der Waals surface area contributed by atoms with Crippen molar-refractivity contribution in [2.24, 2.45) is 12.1 Å². The van der Waals surface area contributed by atoms with E-state index in [-0.39, 0.29) is 78.4 Å². The number of nitrogens with zero attached hydrogens (tertiary/aromatic N) is 8. The van der Waals surface area contributed by atoms with Crippen LogP contribution in [0.1, 0.15) is 53.5 Å². The van der Waals surface area contributed by atoms with Crippen LogP contribution in [0.15, 0.2) is 65.4 Å². The molecule has 2 N–H and O–H groups in total. The number of piperazine rings is 1. The monoisotopic (exact) mass is 890 g/mol. The number of hydrogen-bond donors (Lipinski definition) is 2. The molecule has 0 aliphatic carbocycles. The zero-order chi connectivity index (χ0) is 39.4. The number of aromatic nitrogens is 4. The molecule has 4 aromatic rings. The summed E-state index contributed by atoms with van der Waals surface area (Å²) in [4.78, 5) is 52.7. The fraction of sp³-hybridized carbons (Fsp3) is 0.351. The molecule has 1 fully saturated rings. The Morgan fingerprint density at radius 3 is 2.47 bits per heavy atom. The van der Waals surface area contributed by atoms with Gasteiger partial charge in [-0.3, -0.25) is 19.1 Å². The first kappa shape index (κ1) is 39.8. The maximum Gasteiger partial charge on any atom is 0.316 e. The Hall–Kier alpha value is -4.91. The van der Waals surface area contributed by atoms with Crippen LogP contribution in [0, 0.1) is 12.7 Å². The van der Waals surface area contributed by atoms with E-state index in [9.17, 15) is 23.2 Å². The number of hydrogen-bond acceptors (Lipinski definition) is 9. The Balaban J connectivity index is 1.26. The summed E-state index contributed by atoms with van der Waals surface area (Å²) in [6.07, 6.45) is 4.41. The van der Waals surface area contributed by atoms with Gasteiger partial charge < -0.3 is 20.4 Å². The van der Waals surface area contributed by atoms with Gasteiger partial charge in [-0.1, -0.05) is 29.1 Å². The molecule has 0 saturated carbocycles. The van der Waals surface area contributed by atoms with E-state index in [0.717, 1.165) is 11.5 Å². The van der Waals surface area contributed by atoms with Crippen LogP contribution >= 0.6 is 32.3 Å². The molecule has 0 radical (unpaired) electrons. The second-order valence-corrected chi connectivity index (χ2v) is 15.5. The first-order valence-corrected chi connectivity index (χ1v) is 20.5. The topological polar surface area (TPSA) is 141 Å². The van der Waals surface area contributed by atoms with Crippen LogP contribution in [0.5, 0.6) is 0 Å². The smallest absolute Gasteiger partial charge is 0.316 e. The molecular weight excluding hydrogens is 852 g/mol. The number of hydrazone groups is 1. The summed E-state index contributed by atoms with van der Waals surface area (Å²) in [5, 5.41) is 16.7. The molecule has 13 nitrogen and oxygen atoms in total. The minimum Gasteiger partial charge on any atom is -0.378 e. The van der Waals surface area contributed by atoms with E-state index < -0.39 is 42.3 Å². The number of carbonyl (C=O) groups is 3. The van der Waals surface area contributed by atoms with Gasteiger partial charge in [0.25, 0.3) is 11.8 Å². The van der Waals surface area contributed by atoms with E-state index in [1.165, 1.54) is 29.5 Å². The lowest BCUT2D eigenvalue weighted by Gasteiger charge is -2.38. The van der Waals surface area contributed by atoms with Gasteiger partial charge in [0.2, 0.25) is 5.91 Å². The van der Waals surface area contributed by atoms with Crippen molar-refractivity contribution in [1.82, 2.24) is 39.9 Å². The maximum atomic E-state index is 15.4. The fourth-order valence-corrected chi connectivity index (χ4v) is 7.44. The first-order chi connectivity index (χ1) is 26.3. The number of carbonyl (C=O) groups excluding carboxylic acids is 3. The van der Waals surface area contributed by atoms with Crippen molar-refractivity contribution in [1.29, 1.82) is 0 Å². The highest BCUT2D eigenvalue weighted by Crippen LogP contribution is 2.40. The SMILES string of the molecule is C=IC(F)(F)c1ccc(NC(=O)CN/C(CC)=C(\C(=O)N2CCCC(c3cc4cn(C)nc4cc3F)=N2)N2CCN(C(=O)c3cc(C)ncn3)CC2)c(Cl)c1. The first-order valence-electron chi connectivity index (χ1n) is 17.5. The summed E-state index contributed by atoms with van der Waals surface area (Å²) >= 11 is 4.60. The van der Waals surface area contributed by atoms with E-state index in [2.05, 4.69) is 35.3 Å². The van der Waals surface area contributed by atoms with Crippen LogP contribution in [-0.2, 0) is 20.6 Å². The van der Waals surface area contributed by atoms with Crippen molar-refractivity contribution in [3.63, 3.8) is 0 Å². The van der Waals surface area contributed by atoms with E-state index in [1.807, 2.05) is 11.8 Å². The standard InChI is InChI=1S/C37H39ClF3IN10O3/c1-5-28(43-19-33(53)46-30-9-8-24(17-26(30)38)37(40,41)42-3)34(50-11-13-51(14-12-50)35(54)32-15-22(2)44-21-45-32)36(55)52-10-6-7-29(48-52)25-16-23-20-49(4)47-31(23)18-27(25)39/h8-9,15-18,20-21,43H,3,5-7,10-14,19H2,1-2,4H3,(H,46,53)/b34-28+. The Morgan fingerprint density at radius 2 is 1.78 bits per heavy atom. The minimum absolute atomic E-state index is 0.0486. The van der Waals surface area contributed by atoms with Crippen LogP contribution in [0.2, 0.25) is 5.02 Å². The largest absolute Gasteiger partial charge is 0.378 e. The Morgan fingerprint density at radius 1 is 1.04 bits per heavy atom. The quantitative estimate of drug-likeness (QED) is 0.114. The van der Waals surface area contributed by atoms with Gasteiger partial charge in [-0.25, -0.2) is 19.4 Å². The molecule has 18 heteroatoms. The molecule has 55 heavy (non-hydrogen) atoms. The van der Waals surface area contributed by atoms with Crippen molar-refractivity contribution < 1.29 is 27.6 Å². The van der Waals surface area contributed by atoms with E-state index >= 15 is 4.39 Å². The predicted molar refractivity (Wildman–Crippen MR) is 213 cm³/mol. The molecule has 2 aliphatic heterocycles. The number of allylic oxidation sites excluding steroid dienone is 1. The van der Waals surface area contributed by atoms with Crippen LogP contribution in [0.4, 0.5) is 18.9 Å². The zero-order valence-electron chi connectivity index (χ0n) is 30.4. The maximum absolute atomic E-state index is 15.4. The number of rotatable bonds is 11. The summed E-state index contributed by atoms with van der Waals surface area (Å²) in [7, 11) is 1.75. The van der Waals surface area contributed by atoms with Crippen molar-refractivity contribution in [2.45, 2.75) is 37.0 Å². The third kappa shape index (κ3) is 8.98. The number of halogens is 5. The normalized spacial score (nSPS) is 15.5. The second kappa shape index (κ2) is 16.8. The number of benzene rings is 2. The van der Waals surface area contributed by atoms with Crippen molar-refractivity contribution in [2.75, 3.05) is 44.6 Å². The molecule has 0 spiro atoms. The summed E-state index contributed by atoms with van der Waals surface area (Å²) in [6, 6.07) is 8.30. The number of nitrogens with one attached hydrogen (secondary N) is 2. The molecule has 0 unspecified atom stereocenters. The lowest BCUT2D eigenvalue weighted by atomic mass is 10.0. The summed E-state index contributed by atoms with van der Waals surface area (Å²) in [5.41, 5.74) is 2.72. The number of aryl methyl sites for hydroxylation is 2. The van der Waals surface area contributed by atoms with Crippen molar-refractivity contribution in [3.05, 3.63) is 93.7 Å². The van der Waals surface area contributed by atoms with E-state index in [4.69, 9.17) is 11.6 Å². The molecule has 2 aromatic heterocycles. The van der Waals surface area contributed by atoms with Gasteiger partial charge in [0, 0.05) is 79.9 Å². The molecule has 2 aromatic carbocycles. The Labute approximate surface area is 330 Å². The Kier molecular flexibility index (Phi) is 12.2. The van der Waals surface area contributed by atoms with Gasteiger partial charge in [-0.15, -0.1) is 0 Å². The molecule has 1 saturated heterocycles. The van der Waals surface area contributed by atoms with Crippen LogP contribution < -0.4 is 10.6 Å². The summed E-state index contributed by atoms with van der Waals surface area (Å²) < 4.78 is 45.7. The van der Waals surface area contributed by atoms with Gasteiger partial charge in [0.1, 0.15) is 23.5 Å². The average molecular weight is 891 g/mol. The lowest BCUT2D eigenvalue weighted by molar-refractivity contribution is -0.129. The second-order valence-electron chi connectivity index (χ2n) is 13.0. The highest BCUT2D eigenvalue weighted by Gasteiger charge is 2.33. The Bertz CT molecular complexity index is 2220. The molecule has 4 heterocycles. The van der Waals surface area contributed by atoms with Gasteiger partial charge in [-0.2, -0.15) is 19.0 Å². The number of amides is 3. The molecule has 3 amide bonds. The summed E-state index contributed by atoms with van der Waals surface area (Å²) in [6.45, 7) is 4.73. The molecule has 0 atom stereocenters. The fourth-order valence-electron chi connectivity index (χ4n) is 6.44. The van der Waals surface area contributed by atoms with Gasteiger partial charge in [0.15, 0.2) is 0 Å². The van der Waals surface area contributed by atoms with Gasteiger partial charge >= 0.3 is 3.93 Å². The zero-order valence-corrected chi connectivity index (χ0v) is 33.3. The average Bonchev–Trinajstić information content (AvgIpc) is 3.55. The van der Waals surface area contributed by atoms with Crippen molar-refractivity contribution >= 4 is 76.9 Å². The third-order valence-electron chi connectivity index (χ3n) is 9.23. The van der Waals surface area contributed by atoms with Crippen LogP contribution in [-0.4, -0.2) is 102 Å². The number of fused-ring (bicyclic) bond motifs is 1. The predicted octanol–water partition coefficient (Wildman–Crippen LogP) is 5.55. The molecule has 0 bridgehead atoms. The lowest BCUT2D eigenvalue weighted by Crippen LogP contribution is -2.51. The third-order valence-corrected chi connectivity index (χ3v) is 11.1. The highest BCUT2D eigenvalue weighted by molar-refractivity contribution is 14.2. The molecular formula is C37H39ClF3IN10O3. The number of alkyl halides is 3. The van der Waals surface area contributed by atoms with E-state index in [1.54, 1.807) is 41.9 Å². The molecule has 6 rings (SSSR count). The van der Waals surface area contributed by atoms with Crippen LogP contribution in [0.25, 0.3) is 10.9 Å². The van der Waals surface area contributed by atoms with Crippen LogP contribution in [0.3, 0.4) is 0 Å². The minimum atomic E-state index is -3.07. The number of anilines is 1. The van der Waals surface area contributed by atoms with Gasteiger partial charge in [-0.05, 0) is 71.2 Å².